The molecule has 2 heterocycles. The second-order valence-electron chi connectivity index (χ2n) is 5.56. The Hall–Kier alpha value is -2.78. The summed E-state index contributed by atoms with van der Waals surface area (Å²) >= 11 is 6.43. The van der Waals surface area contributed by atoms with Crippen LogP contribution in [0.1, 0.15) is 16.1 Å². The molecule has 0 atom stereocenters. The Morgan fingerprint density at radius 3 is 2.43 bits per heavy atom. The van der Waals surface area contributed by atoms with Crippen LogP contribution in [-0.4, -0.2) is 15.8 Å². The van der Waals surface area contributed by atoms with Gasteiger partial charge in [-0.25, -0.2) is 4.98 Å². The number of nitrogens with zero attached hydrogens (tertiary/aromatic N) is 2. The Bertz CT molecular complexity index is 1150. The van der Waals surface area contributed by atoms with Crippen molar-refractivity contribution in [3.63, 3.8) is 0 Å². The van der Waals surface area contributed by atoms with Gasteiger partial charge in [0.2, 0.25) is 5.78 Å². The first kappa shape index (κ1) is 12.7. The van der Waals surface area contributed by atoms with Gasteiger partial charge >= 0.3 is 0 Å². The smallest absolute Gasteiger partial charge is 0.212 e. The van der Waals surface area contributed by atoms with E-state index in [1.54, 1.807) is 6.20 Å². The molecule has 108 valence electrons. The lowest BCUT2D eigenvalue weighted by molar-refractivity contribution is 0.103. The van der Waals surface area contributed by atoms with Crippen molar-refractivity contribution in [2.45, 2.75) is 0 Å². The molecule has 23 heavy (non-hydrogen) atoms. The van der Waals surface area contributed by atoms with Crippen LogP contribution < -0.4 is 0 Å². The molecule has 2 aromatic carbocycles. The summed E-state index contributed by atoms with van der Waals surface area (Å²) in [4.78, 5) is 21.9. The van der Waals surface area contributed by atoms with E-state index >= 15 is 0 Å². The third-order valence-electron chi connectivity index (χ3n) is 4.32. The highest BCUT2D eigenvalue weighted by atomic mass is 35.5. The molecule has 0 spiro atoms. The van der Waals surface area contributed by atoms with Gasteiger partial charge in [-0.3, -0.25) is 9.78 Å². The molecule has 0 fully saturated rings. The Morgan fingerprint density at radius 1 is 0.826 bits per heavy atom. The summed E-state index contributed by atoms with van der Waals surface area (Å²) in [6.07, 6.45) is 1.56. The quantitative estimate of drug-likeness (QED) is 0.391. The predicted molar refractivity (Wildman–Crippen MR) is 90.9 cm³/mol. The fraction of sp³-hybridized carbons (Fsp3) is 0. The topological polar surface area (TPSA) is 42.9 Å². The van der Waals surface area contributed by atoms with E-state index in [0.29, 0.717) is 16.3 Å². The fourth-order valence-electron chi connectivity index (χ4n) is 3.32. The summed E-state index contributed by atoms with van der Waals surface area (Å²) in [5.74, 6) is -0.0770. The van der Waals surface area contributed by atoms with E-state index in [-0.39, 0.29) is 5.78 Å². The SMILES string of the molecule is O=C1c2ccccc2-c2nc3ccccc3c3c(Cl)cnc1c23. The first-order valence-corrected chi connectivity index (χ1v) is 7.64. The molecular weight excluding hydrogens is 308 g/mol. The van der Waals surface area contributed by atoms with Crippen molar-refractivity contribution in [3.05, 3.63) is 71.0 Å². The van der Waals surface area contributed by atoms with Gasteiger partial charge in [-0.15, -0.1) is 0 Å². The molecule has 4 aromatic rings. The molecule has 3 nitrogen and oxygen atoms in total. The molecule has 5 rings (SSSR count). The molecule has 0 saturated carbocycles. The van der Waals surface area contributed by atoms with Crippen LogP contribution >= 0.6 is 11.6 Å². The lowest BCUT2D eigenvalue weighted by atomic mass is 9.87. The van der Waals surface area contributed by atoms with Crippen LogP contribution in [0.4, 0.5) is 0 Å². The molecule has 0 amide bonds. The fourth-order valence-corrected chi connectivity index (χ4v) is 3.57. The van der Waals surface area contributed by atoms with Gasteiger partial charge in [0, 0.05) is 33.5 Å². The number of aromatic nitrogens is 2. The van der Waals surface area contributed by atoms with Crippen LogP contribution in [-0.2, 0) is 0 Å². The van der Waals surface area contributed by atoms with Crippen LogP contribution in [0, 0.1) is 0 Å². The number of carbonyl (C=O) groups is 1. The third-order valence-corrected chi connectivity index (χ3v) is 4.60. The van der Waals surface area contributed by atoms with E-state index in [4.69, 9.17) is 16.6 Å². The molecule has 1 aliphatic rings. The van der Waals surface area contributed by atoms with Crippen molar-refractivity contribution in [1.82, 2.24) is 9.97 Å². The van der Waals surface area contributed by atoms with Gasteiger partial charge in [-0.1, -0.05) is 54.1 Å². The number of hydrogen-bond acceptors (Lipinski definition) is 3. The Balaban J connectivity index is 2.13. The van der Waals surface area contributed by atoms with Crippen LogP contribution in [0.25, 0.3) is 32.9 Å². The van der Waals surface area contributed by atoms with E-state index in [1.807, 2.05) is 48.5 Å². The minimum Gasteiger partial charge on any atom is -0.287 e. The van der Waals surface area contributed by atoms with E-state index in [2.05, 4.69) is 4.98 Å². The van der Waals surface area contributed by atoms with Gasteiger partial charge in [0.1, 0.15) is 5.69 Å². The van der Waals surface area contributed by atoms with Gasteiger partial charge < -0.3 is 0 Å². The highest BCUT2D eigenvalue weighted by Gasteiger charge is 2.28. The molecule has 0 radical (unpaired) electrons. The number of hydrogen-bond donors (Lipinski definition) is 0. The summed E-state index contributed by atoms with van der Waals surface area (Å²) in [6.45, 7) is 0. The Labute approximate surface area is 136 Å². The zero-order chi connectivity index (χ0) is 15.6. The maximum absolute atomic E-state index is 12.8. The molecule has 0 bridgehead atoms. The number of ketones is 1. The molecule has 0 aliphatic heterocycles. The molecule has 2 aromatic heterocycles. The summed E-state index contributed by atoms with van der Waals surface area (Å²) in [6, 6.07) is 15.3. The van der Waals surface area contributed by atoms with E-state index in [9.17, 15) is 4.79 Å². The number of halogens is 1. The summed E-state index contributed by atoms with van der Waals surface area (Å²) < 4.78 is 0. The number of pyridine rings is 2. The maximum atomic E-state index is 12.8. The zero-order valence-electron chi connectivity index (χ0n) is 11.9. The summed E-state index contributed by atoms with van der Waals surface area (Å²) in [7, 11) is 0. The second kappa shape index (κ2) is 4.37. The molecule has 1 aliphatic carbocycles. The Morgan fingerprint density at radius 2 is 1.57 bits per heavy atom. The summed E-state index contributed by atoms with van der Waals surface area (Å²) in [5, 5.41) is 3.07. The van der Waals surface area contributed by atoms with Gasteiger partial charge in [-0.05, 0) is 6.07 Å². The van der Waals surface area contributed by atoms with Crippen molar-refractivity contribution in [2.24, 2.45) is 0 Å². The number of rotatable bonds is 0. The number of fused-ring (bicyclic) bond motifs is 4. The highest BCUT2D eigenvalue weighted by Crippen LogP contribution is 2.42. The van der Waals surface area contributed by atoms with Crippen LogP contribution in [0.3, 0.4) is 0 Å². The highest BCUT2D eigenvalue weighted by molar-refractivity contribution is 6.40. The summed E-state index contributed by atoms with van der Waals surface area (Å²) in [5.41, 5.74) is 3.54. The minimum atomic E-state index is -0.0770. The average molecular weight is 317 g/mol. The Kier molecular flexibility index (Phi) is 2.42. The number of para-hydroxylation sites is 1. The van der Waals surface area contributed by atoms with Crippen molar-refractivity contribution < 1.29 is 4.79 Å². The van der Waals surface area contributed by atoms with Gasteiger partial charge in [-0.2, -0.15) is 0 Å². The van der Waals surface area contributed by atoms with Crippen molar-refractivity contribution >= 4 is 39.1 Å². The minimum absolute atomic E-state index is 0.0770. The van der Waals surface area contributed by atoms with Crippen molar-refractivity contribution in [3.8, 4) is 11.3 Å². The largest absolute Gasteiger partial charge is 0.287 e. The van der Waals surface area contributed by atoms with Crippen LogP contribution in [0.2, 0.25) is 5.02 Å². The van der Waals surface area contributed by atoms with Crippen molar-refractivity contribution in [2.75, 3.05) is 0 Å². The third kappa shape index (κ3) is 1.57. The van der Waals surface area contributed by atoms with Gasteiger partial charge in [0.15, 0.2) is 0 Å². The second-order valence-corrected chi connectivity index (χ2v) is 5.96. The van der Waals surface area contributed by atoms with Gasteiger partial charge in [0.05, 0.1) is 16.2 Å². The van der Waals surface area contributed by atoms with Crippen molar-refractivity contribution in [1.29, 1.82) is 0 Å². The van der Waals surface area contributed by atoms with Gasteiger partial charge in [0.25, 0.3) is 0 Å². The monoisotopic (exact) mass is 316 g/mol. The lowest BCUT2D eigenvalue weighted by Crippen LogP contribution is -2.13. The number of benzene rings is 2. The predicted octanol–water partition coefficient (Wildman–Crippen LogP) is 4.65. The maximum Gasteiger partial charge on any atom is 0.212 e. The van der Waals surface area contributed by atoms with Crippen LogP contribution in [0.5, 0.6) is 0 Å². The lowest BCUT2D eigenvalue weighted by Gasteiger charge is -2.19. The van der Waals surface area contributed by atoms with E-state index < -0.39 is 0 Å². The first-order chi connectivity index (χ1) is 11.3. The van der Waals surface area contributed by atoms with E-state index in [1.165, 1.54) is 0 Å². The molecule has 0 N–H and O–H groups in total. The zero-order valence-corrected chi connectivity index (χ0v) is 12.6. The molecular formula is C19H9ClN2O. The molecule has 0 saturated heterocycles. The first-order valence-electron chi connectivity index (χ1n) is 7.27. The van der Waals surface area contributed by atoms with Crippen LogP contribution in [0.15, 0.2) is 54.7 Å². The standard InChI is InChI=1S/C19H9ClN2O/c20-13-9-21-18-16-15(13)12-7-3-4-8-14(12)22-17(16)10-5-1-2-6-11(10)19(18)23/h1-9H. The average Bonchev–Trinajstić information content (AvgIpc) is 2.60. The van der Waals surface area contributed by atoms with E-state index in [0.717, 1.165) is 32.9 Å². The molecule has 4 heteroatoms. The number of carbonyl (C=O) groups excluding carboxylic acids is 1. The molecule has 0 unspecified atom stereocenters. The normalized spacial score (nSPS) is 12.7.